The number of nitrogens with zero attached hydrogens (tertiary/aromatic N) is 2. The summed E-state index contributed by atoms with van der Waals surface area (Å²) < 4.78 is 27.4. The van der Waals surface area contributed by atoms with Crippen LogP contribution in [0.15, 0.2) is 64.9 Å². The van der Waals surface area contributed by atoms with Crippen LogP contribution < -0.4 is 5.32 Å². The summed E-state index contributed by atoms with van der Waals surface area (Å²) in [5, 5.41) is 5.14. The SMILES string of the molecule is Cc1ccc(S(=O)(=O)N2CCC[C@@H]2C(=O)Nc2nc(-c3ccccc3)cs2)cc1. The van der Waals surface area contributed by atoms with Crippen LogP contribution in [0.2, 0.25) is 0 Å². The normalized spacial score (nSPS) is 17.3. The molecule has 150 valence electrons. The van der Waals surface area contributed by atoms with Crippen LogP contribution in [0.3, 0.4) is 0 Å². The Morgan fingerprint density at radius 1 is 1.14 bits per heavy atom. The first-order chi connectivity index (χ1) is 13.9. The van der Waals surface area contributed by atoms with Gasteiger partial charge in [-0.05, 0) is 31.9 Å². The van der Waals surface area contributed by atoms with Crippen molar-refractivity contribution in [2.24, 2.45) is 0 Å². The molecule has 3 aromatic rings. The van der Waals surface area contributed by atoms with Gasteiger partial charge in [0.15, 0.2) is 5.13 Å². The fourth-order valence-corrected chi connectivity index (χ4v) is 5.78. The average molecular weight is 428 g/mol. The largest absolute Gasteiger partial charge is 0.301 e. The molecule has 2 heterocycles. The number of amides is 1. The van der Waals surface area contributed by atoms with Gasteiger partial charge < -0.3 is 5.32 Å². The van der Waals surface area contributed by atoms with Gasteiger partial charge in [0.25, 0.3) is 0 Å². The first-order valence-corrected chi connectivity index (χ1v) is 11.7. The number of anilines is 1. The maximum absolute atomic E-state index is 13.0. The summed E-state index contributed by atoms with van der Waals surface area (Å²) in [5.41, 5.74) is 2.73. The van der Waals surface area contributed by atoms with Crippen molar-refractivity contribution >= 4 is 32.4 Å². The molecule has 2 aromatic carbocycles. The number of rotatable bonds is 5. The zero-order chi connectivity index (χ0) is 20.4. The molecule has 1 fully saturated rings. The summed E-state index contributed by atoms with van der Waals surface area (Å²) in [6, 6.07) is 15.7. The van der Waals surface area contributed by atoms with Crippen LogP contribution in [0.1, 0.15) is 18.4 Å². The van der Waals surface area contributed by atoms with E-state index in [1.165, 1.54) is 15.6 Å². The Hall–Kier alpha value is -2.55. The van der Waals surface area contributed by atoms with Gasteiger partial charge in [0.05, 0.1) is 10.6 Å². The van der Waals surface area contributed by atoms with Crippen molar-refractivity contribution in [1.82, 2.24) is 9.29 Å². The maximum Gasteiger partial charge on any atom is 0.244 e. The predicted molar refractivity (Wildman–Crippen MR) is 114 cm³/mol. The molecule has 0 unspecified atom stereocenters. The van der Waals surface area contributed by atoms with E-state index < -0.39 is 16.1 Å². The van der Waals surface area contributed by atoms with Crippen molar-refractivity contribution in [3.8, 4) is 11.3 Å². The minimum atomic E-state index is -3.72. The molecule has 0 saturated carbocycles. The number of sulfonamides is 1. The van der Waals surface area contributed by atoms with Gasteiger partial charge in [0.1, 0.15) is 6.04 Å². The number of carbonyl (C=O) groups is 1. The van der Waals surface area contributed by atoms with Crippen molar-refractivity contribution in [2.75, 3.05) is 11.9 Å². The lowest BCUT2D eigenvalue weighted by Crippen LogP contribution is -2.43. The highest BCUT2D eigenvalue weighted by Gasteiger charge is 2.39. The Bertz CT molecular complexity index is 1110. The van der Waals surface area contributed by atoms with E-state index in [2.05, 4.69) is 10.3 Å². The van der Waals surface area contributed by atoms with Crippen molar-refractivity contribution in [2.45, 2.75) is 30.7 Å². The van der Waals surface area contributed by atoms with E-state index in [9.17, 15) is 13.2 Å². The van der Waals surface area contributed by atoms with Crippen LogP contribution in [-0.2, 0) is 14.8 Å². The molecule has 1 atom stereocenters. The van der Waals surface area contributed by atoms with Crippen LogP contribution in [0.4, 0.5) is 5.13 Å². The zero-order valence-electron chi connectivity index (χ0n) is 15.9. The van der Waals surface area contributed by atoms with E-state index in [1.54, 1.807) is 24.3 Å². The van der Waals surface area contributed by atoms with Gasteiger partial charge in [0, 0.05) is 17.5 Å². The number of aryl methyl sites for hydroxylation is 1. The highest BCUT2D eigenvalue weighted by Crippen LogP contribution is 2.29. The third-order valence-corrected chi connectivity index (χ3v) is 7.62. The molecule has 0 bridgehead atoms. The number of thiazole rings is 1. The van der Waals surface area contributed by atoms with Crippen molar-refractivity contribution in [3.05, 3.63) is 65.5 Å². The number of hydrogen-bond acceptors (Lipinski definition) is 5. The van der Waals surface area contributed by atoms with E-state index in [4.69, 9.17) is 0 Å². The first-order valence-electron chi connectivity index (χ1n) is 9.35. The third-order valence-electron chi connectivity index (χ3n) is 4.94. The van der Waals surface area contributed by atoms with Gasteiger partial charge in [0.2, 0.25) is 15.9 Å². The summed E-state index contributed by atoms with van der Waals surface area (Å²) in [7, 11) is -3.72. The lowest BCUT2D eigenvalue weighted by atomic mass is 10.2. The Kier molecular flexibility index (Phi) is 5.49. The lowest BCUT2D eigenvalue weighted by molar-refractivity contribution is -0.119. The third kappa shape index (κ3) is 4.10. The zero-order valence-corrected chi connectivity index (χ0v) is 17.5. The molecule has 1 aliphatic rings. The van der Waals surface area contributed by atoms with Crippen LogP contribution in [0.25, 0.3) is 11.3 Å². The van der Waals surface area contributed by atoms with Crippen molar-refractivity contribution in [3.63, 3.8) is 0 Å². The molecule has 1 saturated heterocycles. The van der Waals surface area contributed by atoms with E-state index in [-0.39, 0.29) is 10.8 Å². The van der Waals surface area contributed by atoms with E-state index >= 15 is 0 Å². The minimum Gasteiger partial charge on any atom is -0.301 e. The van der Waals surface area contributed by atoms with Crippen LogP contribution in [0, 0.1) is 6.92 Å². The highest BCUT2D eigenvalue weighted by atomic mass is 32.2. The molecule has 1 N–H and O–H groups in total. The number of hydrogen-bond donors (Lipinski definition) is 1. The molecule has 0 spiro atoms. The second-order valence-corrected chi connectivity index (χ2v) is 9.73. The van der Waals surface area contributed by atoms with E-state index in [0.717, 1.165) is 16.8 Å². The van der Waals surface area contributed by atoms with Crippen LogP contribution >= 0.6 is 11.3 Å². The molecular weight excluding hydrogens is 406 g/mol. The topological polar surface area (TPSA) is 79.4 Å². The van der Waals surface area contributed by atoms with Gasteiger partial charge in [-0.15, -0.1) is 11.3 Å². The summed E-state index contributed by atoms with van der Waals surface area (Å²) in [4.78, 5) is 17.5. The molecule has 1 amide bonds. The Morgan fingerprint density at radius 2 is 1.86 bits per heavy atom. The maximum atomic E-state index is 13.0. The molecule has 6 nitrogen and oxygen atoms in total. The standard InChI is InChI=1S/C21H21N3O3S2/c1-15-9-11-17(12-10-15)29(26,27)24-13-5-8-19(24)20(25)23-21-22-18(14-28-21)16-6-3-2-4-7-16/h2-4,6-7,9-12,14,19H,5,8,13H2,1H3,(H,22,23,25)/t19-/m1/s1. The van der Waals surface area contributed by atoms with Gasteiger partial charge in [-0.3, -0.25) is 4.79 Å². The summed E-state index contributed by atoms with van der Waals surface area (Å²) in [6.45, 7) is 2.24. The molecule has 4 rings (SSSR count). The fourth-order valence-electron chi connectivity index (χ4n) is 3.40. The van der Waals surface area contributed by atoms with Gasteiger partial charge in [-0.1, -0.05) is 48.0 Å². The van der Waals surface area contributed by atoms with Crippen molar-refractivity contribution in [1.29, 1.82) is 0 Å². The second-order valence-electron chi connectivity index (χ2n) is 6.98. The number of nitrogens with one attached hydrogen (secondary N) is 1. The fraction of sp³-hybridized carbons (Fsp3) is 0.238. The minimum absolute atomic E-state index is 0.211. The highest BCUT2D eigenvalue weighted by molar-refractivity contribution is 7.89. The van der Waals surface area contributed by atoms with E-state index in [1.807, 2.05) is 42.6 Å². The number of benzene rings is 2. The Morgan fingerprint density at radius 3 is 2.59 bits per heavy atom. The molecule has 1 aromatic heterocycles. The predicted octanol–water partition coefficient (Wildman–Crippen LogP) is 3.91. The van der Waals surface area contributed by atoms with Crippen LogP contribution in [0.5, 0.6) is 0 Å². The van der Waals surface area contributed by atoms with Gasteiger partial charge >= 0.3 is 0 Å². The Balaban J connectivity index is 1.51. The van der Waals surface area contributed by atoms with Gasteiger partial charge in [-0.25, -0.2) is 13.4 Å². The second kappa shape index (κ2) is 8.06. The monoisotopic (exact) mass is 427 g/mol. The van der Waals surface area contributed by atoms with Gasteiger partial charge in [-0.2, -0.15) is 4.31 Å². The number of aromatic nitrogens is 1. The van der Waals surface area contributed by atoms with Crippen LogP contribution in [-0.4, -0.2) is 36.2 Å². The molecule has 8 heteroatoms. The van der Waals surface area contributed by atoms with Crippen molar-refractivity contribution < 1.29 is 13.2 Å². The molecule has 1 aliphatic heterocycles. The average Bonchev–Trinajstić information content (AvgIpc) is 3.39. The first kappa shape index (κ1) is 19.8. The summed E-state index contributed by atoms with van der Waals surface area (Å²) >= 11 is 1.33. The van der Waals surface area contributed by atoms with E-state index in [0.29, 0.717) is 24.5 Å². The molecular formula is C21H21N3O3S2. The smallest absolute Gasteiger partial charge is 0.244 e. The lowest BCUT2D eigenvalue weighted by Gasteiger charge is -2.23. The molecule has 0 radical (unpaired) electrons. The summed E-state index contributed by atoms with van der Waals surface area (Å²) in [6.07, 6.45) is 1.14. The Labute approximate surface area is 174 Å². The molecule has 29 heavy (non-hydrogen) atoms. The quantitative estimate of drug-likeness (QED) is 0.670. The summed E-state index contributed by atoms with van der Waals surface area (Å²) in [5.74, 6) is -0.341. The molecule has 0 aliphatic carbocycles. The number of carbonyl (C=O) groups excluding carboxylic acids is 1.